The summed E-state index contributed by atoms with van der Waals surface area (Å²) < 4.78 is 17.9. The predicted octanol–water partition coefficient (Wildman–Crippen LogP) is 1.74. The van der Waals surface area contributed by atoms with E-state index in [-0.39, 0.29) is 29.3 Å². The van der Waals surface area contributed by atoms with Crippen molar-refractivity contribution in [1.29, 1.82) is 0 Å². The second-order valence-corrected chi connectivity index (χ2v) is 8.82. The Morgan fingerprint density at radius 2 is 2.08 bits per heavy atom. The van der Waals surface area contributed by atoms with Crippen LogP contribution >= 0.6 is 0 Å². The summed E-state index contributed by atoms with van der Waals surface area (Å²) in [5, 5.41) is 11.0. The SMILES string of the molecule is C=C1C(=O)O[C@H]2[C@H]3[C@@H](CC[C@]3(C)O)[C@@]3(C)C[C@H](OC(=O)C(C)C)[C@@]12O3. The summed E-state index contributed by atoms with van der Waals surface area (Å²) in [4.78, 5) is 24.6. The van der Waals surface area contributed by atoms with E-state index in [1.807, 2.05) is 6.92 Å². The molecule has 0 unspecified atom stereocenters. The molecular formula is C19H26O6. The predicted molar refractivity (Wildman–Crippen MR) is 87.4 cm³/mol. The molecule has 4 fully saturated rings. The Bertz CT molecular complexity index is 667. The van der Waals surface area contributed by atoms with Crippen LogP contribution < -0.4 is 0 Å². The van der Waals surface area contributed by atoms with Gasteiger partial charge >= 0.3 is 11.9 Å². The summed E-state index contributed by atoms with van der Waals surface area (Å²) >= 11 is 0. The number of hydrogen-bond donors (Lipinski definition) is 1. The van der Waals surface area contributed by atoms with Crippen LogP contribution in [0.15, 0.2) is 12.2 Å². The van der Waals surface area contributed by atoms with Gasteiger partial charge in [-0.2, -0.15) is 0 Å². The molecule has 7 atom stereocenters. The number of carbonyl (C=O) groups excluding carboxylic acids is 2. The maximum atomic E-state index is 12.4. The molecule has 4 aliphatic rings. The number of ether oxygens (including phenoxy) is 3. The molecule has 1 aliphatic carbocycles. The Morgan fingerprint density at radius 1 is 1.40 bits per heavy atom. The molecular weight excluding hydrogens is 324 g/mol. The third kappa shape index (κ3) is 1.98. The summed E-state index contributed by atoms with van der Waals surface area (Å²) in [6, 6.07) is 0. The van der Waals surface area contributed by atoms with E-state index in [0.29, 0.717) is 12.8 Å². The van der Waals surface area contributed by atoms with Gasteiger partial charge in [0, 0.05) is 12.3 Å². The zero-order valence-electron chi connectivity index (χ0n) is 15.2. The molecule has 0 aromatic heterocycles. The van der Waals surface area contributed by atoms with Gasteiger partial charge in [0.25, 0.3) is 0 Å². The average Bonchev–Trinajstić information content (AvgIpc) is 3.05. The number of fused-ring (bicyclic) bond motifs is 4. The van der Waals surface area contributed by atoms with Crippen LogP contribution in [-0.2, 0) is 23.8 Å². The van der Waals surface area contributed by atoms with Crippen molar-refractivity contribution < 1.29 is 28.9 Å². The summed E-state index contributed by atoms with van der Waals surface area (Å²) in [7, 11) is 0. The first-order valence-corrected chi connectivity index (χ1v) is 9.06. The number of esters is 2. The molecule has 1 saturated carbocycles. The van der Waals surface area contributed by atoms with E-state index in [4.69, 9.17) is 14.2 Å². The van der Waals surface area contributed by atoms with Crippen molar-refractivity contribution >= 4 is 11.9 Å². The highest BCUT2D eigenvalue weighted by atomic mass is 16.6. The third-order valence-corrected chi connectivity index (χ3v) is 6.80. The monoisotopic (exact) mass is 350 g/mol. The zero-order valence-corrected chi connectivity index (χ0v) is 15.2. The molecule has 6 nitrogen and oxygen atoms in total. The second kappa shape index (κ2) is 4.86. The van der Waals surface area contributed by atoms with Gasteiger partial charge in [0.15, 0.2) is 5.60 Å². The smallest absolute Gasteiger partial charge is 0.337 e. The largest absolute Gasteiger partial charge is 0.458 e. The van der Waals surface area contributed by atoms with E-state index in [2.05, 4.69) is 6.58 Å². The first kappa shape index (κ1) is 17.0. The van der Waals surface area contributed by atoms with E-state index in [1.54, 1.807) is 20.8 Å². The minimum Gasteiger partial charge on any atom is -0.458 e. The van der Waals surface area contributed by atoms with Crippen molar-refractivity contribution in [2.75, 3.05) is 0 Å². The van der Waals surface area contributed by atoms with Gasteiger partial charge in [-0.3, -0.25) is 4.79 Å². The molecule has 3 saturated heterocycles. The number of rotatable bonds is 2. The quantitative estimate of drug-likeness (QED) is 0.603. The highest BCUT2D eigenvalue weighted by Crippen LogP contribution is 2.65. The van der Waals surface area contributed by atoms with E-state index in [1.165, 1.54) is 0 Å². The molecule has 2 bridgehead atoms. The molecule has 25 heavy (non-hydrogen) atoms. The van der Waals surface area contributed by atoms with Gasteiger partial charge in [0.2, 0.25) is 0 Å². The van der Waals surface area contributed by atoms with Gasteiger partial charge < -0.3 is 19.3 Å². The van der Waals surface area contributed by atoms with Gasteiger partial charge in [-0.15, -0.1) is 0 Å². The van der Waals surface area contributed by atoms with Crippen LogP contribution in [-0.4, -0.2) is 46.1 Å². The van der Waals surface area contributed by atoms with Crippen molar-refractivity contribution in [3.8, 4) is 0 Å². The molecule has 0 aromatic carbocycles. The van der Waals surface area contributed by atoms with Crippen molar-refractivity contribution in [2.24, 2.45) is 17.8 Å². The Morgan fingerprint density at radius 3 is 2.72 bits per heavy atom. The van der Waals surface area contributed by atoms with Crippen molar-refractivity contribution in [1.82, 2.24) is 0 Å². The fraction of sp³-hybridized carbons (Fsp3) is 0.789. The first-order valence-electron chi connectivity index (χ1n) is 9.06. The lowest BCUT2D eigenvalue weighted by atomic mass is 9.70. The molecule has 1 N–H and O–H groups in total. The van der Waals surface area contributed by atoms with Crippen LogP contribution in [0, 0.1) is 17.8 Å². The van der Waals surface area contributed by atoms with E-state index < -0.39 is 35.0 Å². The number of aliphatic hydroxyl groups is 1. The maximum Gasteiger partial charge on any atom is 0.337 e. The van der Waals surface area contributed by atoms with Gasteiger partial charge in [-0.25, -0.2) is 4.79 Å². The van der Waals surface area contributed by atoms with E-state index in [0.717, 1.165) is 6.42 Å². The molecule has 4 rings (SSSR count). The fourth-order valence-corrected chi connectivity index (χ4v) is 5.54. The third-order valence-electron chi connectivity index (χ3n) is 6.80. The van der Waals surface area contributed by atoms with Crippen LogP contribution in [0.4, 0.5) is 0 Å². The standard InChI is InChI=1S/C19H26O6/c1-9(2)15(20)23-12-8-18(5)11-6-7-17(4,22)13(11)14-19(12,25-18)10(3)16(21)24-14/h9,11-14,22H,3,6-8H2,1-2,4-5H3/t11-,12+,13-,14+,17+,18-,19+/m1/s1. The van der Waals surface area contributed by atoms with Crippen LogP contribution in [0.2, 0.25) is 0 Å². The Kier molecular flexibility index (Phi) is 3.31. The molecule has 6 heteroatoms. The Balaban J connectivity index is 1.82. The van der Waals surface area contributed by atoms with E-state index in [9.17, 15) is 14.7 Å². The van der Waals surface area contributed by atoms with E-state index >= 15 is 0 Å². The summed E-state index contributed by atoms with van der Waals surface area (Å²) in [6.07, 6.45) is 0.604. The van der Waals surface area contributed by atoms with Crippen LogP contribution in [0.25, 0.3) is 0 Å². The van der Waals surface area contributed by atoms with Crippen molar-refractivity contribution in [3.63, 3.8) is 0 Å². The van der Waals surface area contributed by atoms with Crippen LogP contribution in [0.3, 0.4) is 0 Å². The zero-order chi connectivity index (χ0) is 18.4. The molecule has 138 valence electrons. The van der Waals surface area contributed by atoms with Crippen LogP contribution in [0.1, 0.15) is 47.0 Å². The Labute approximate surface area is 147 Å². The molecule has 3 heterocycles. The topological polar surface area (TPSA) is 82.1 Å². The summed E-state index contributed by atoms with van der Waals surface area (Å²) in [6.45, 7) is 11.2. The molecule has 0 radical (unpaired) electrons. The molecule has 0 aromatic rings. The second-order valence-electron chi connectivity index (χ2n) is 8.82. The highest BCUT2D eigenvalue weighted by Gasteiger charge is 2.78. The van der Waals surface area contributed by atoms with Gasteiger partial charge in [-0.05, 0) is 32.6 Å². The Hall–Kier alpha value is -1.40. The van der Waals surface area contributed by atoms with Gasteiger partial charge in [-0.1, -0.05) is 20.4 Å². The first-order chi connectivity index (χ1) is 11.5. The molecule has 1 spiro atoms. The average molecular weight is 350 g/mol. The normalized spacial score (nSPS) is 50.6. The fourth-order valence-electron chi connectivity index (χ4n) is 5.54. The number of hydrogen-bond acceptors (Lipinski definition) is 6. The van der Waals surface area contributed by atoms with Gasteiger partial charge in [0.1, 0.15) is 12.2 Å². The lowest BCUT2D eigenvalue weighted by molar-refractivity contribution is -0.236. The highest BCUT2D eigenvalue weighted by molar-refractivity contribution is 5.94. The minimum absolute atomic E-state index is 0.0436. The molecule has 3 aliphatic heterocycles. The molecule has 0 amide bonds. The lowest BCUT2D eigenvalue weighted by Crippen LogP contribution is -2.62. The summed E-state index contributed by atoms with van der Waals surface area (Å²) in [5.41, 5.74) is -2.52. The lowest BCUT2D eigenvalue weighted by Gasteiger charge is -2.49. The number of carbonyl (C=O) groups is 2. The van der Waals surface area contributed by atoms with Gasteiger partial charge in [0.05, 0.1) is 22.7 Å². The summed E-state index contributed by atoms with van der Waals surface area (Å²) in [5.74, 6) is -1.35. The van der Waals surface area contributed by atoms with Crippen molar-refractivity contribution in [2.45, 2.75) is 76.0 Å². The van der Waals surface area contributed by atoms with Crippen molar-refractivity contribution in [3.05, 3.63) is 12.2 Å². The maximum absolute atomic E-state index is 12.4. The minimum atomic E-state index is -1.19. The van der Waals surface area contributed by atoms with Crippen LogP contribution in [0.5, 0.6) is 0 Å².